The maximum Gasteiger partial charge on any atom is 0.307 e. The van der Waals surface area contributed by atoms with Crippen LogP contribution in [0.25, 0.3) is 0 Å². The molecular formula is C23H23N3O4. The van der Waals surface area contributed by atoms with E-state index in [2.05, 4.69) is 10.5 Å². The standard InChI is InChI=1S/C23H23N3O4/c1-3-26(16-9-5-4-6-10-16)23(28)21-15(2)20-17(11-7-12-18(20)30-21)24-25-22(27)19-13-8-14-29-19/h4-6,8-10,13-14H,3,7,11-12H2,1-2H3,(H,25,27)/b24-17+. The van der Waals surface area contributed by atoms with Crippen molar-refractivity contribution in [1.29, 1.82) is 0 Å². The zero-order valence-electron chi connectivity index (χ0n) is 17.0. The summed E-state index contributed by atoms with van der Waals surface area (Å²) in [6.07, 6.45) is 3.69. The molecule has 0 bridgehead atoms. The van der Waals surface area contributed by atoms with Crippen molar-refractivity contribution in [3.8, 4) is 0 Å². The summed E-state index contributed by atoms with van der Waals surface area (Å²) in [4.78, 5) is 27.1. The van der Waals surface area contributed by atoms with E-state index in [-0.39, 0.29) is 11.7 Å². The second kappa shape index (κ2) is 8.41. The van der Waals surface area contributed by atoms with Gasteiger partial charge in [0.15, 0.2) is 11.5 Å². The Kier molecular flexibility index (Phi) is 5.52. The molecule has 0 fully saturated rings. The number of para-hydroxylation sites is 1. The van der Waals surface area contributed by atoms with Crippen molar-refractivity contribution in [1.82, 2.24) is 5.43 Å². The predicted molar refractivity (Wildman–Crippen MR) is 113 cm³/mol. The van der Waals surface area contributed by atoms with Crippen LogP contribution in [0.1, 0.15) is 57.8 Å². The van der Waals surface area contributed by atoms with Gasteiger partial charge in [-0.15, -0.1) is 0 Å². The van der Waals surface area contributed by atoms with E-state index in [9.17, 15) is 9.59 Å². The van der Waals surface area contributed by atoms with Crippen LogP contribution in [-0.4, -0.2) is 24.1 Å². The Morgan fingerprint density at radius 1 is 1.13 bits per heavy atom. The number of fused-ring (bicyclic) bond motifs is 1. The van der Waals surface area contributed by atoms with Crippen molar-refractivity contribution < 1.29 is 18.4 Å². The zero-order chi connectivity index (χ0) is 21.1. The number of furan rings is 2. The SMILES string of the molecule is CCN(C(=O)c1oc2c(c1C)/C(=N/NC(=O)c1ccco1)CCC2)c1ccccc1. The van der Waals surface area contributed by atoms with E-state index in [1.807, 2.05) is 44.2 Å². The Balaban J connectivity index is 1.63. The van der Waals surface area contributed by atoms with Crippen molar-refractivity contribution in [2.45, 2.75) is 33.1 Å². The number of nitrogens with one attached hydrogen (secondary N) is 1. The Morgan fingerprint density at radius 2 is 1.93 bits per heavy atom. The summed E-state index contributed by atoms with van der Waals surface area (Å²) in [5.41, 5.74) is 5.62. The highest BCUT2D eigenvalue weighted by molar-refractivity contribution is 6.10. The lowest BCUT2D eigenvalue weighted by atomic mass is 9.93. The van der Waals surface area contributed by atoms with E-state index in [0.29, 0.717) is 24.4 Å². The summed E-state index contributed by atoms with van der Waals surface area (Å²) >= 11 is 0. The lowest BCUT2D eigenvalue weighted by Crippen LogP contribution is -2.30. The molecule has 0 saturated heterocycles. The number of hydrazone groups is 1. The number of hydrogen-bond acceptors (Lipinski definition) is 5. The third-order valence-electron chi connectivity index (χ3n) is 5.19. The van der Waals surface area contributed by atoms with Gasteiger partial charge in [0.1, 0.15) is 5.76 Å². The van der Waals surface area contributed by atoms with Crippen molar-refractivity contribution in [2.24, 2.45) is 5.10 Å². The van der Waals surface area contributed by atoms with E-state index in [0.717, 1.165) is 35.4 Å². The van der Waals surface area contributed by atoms with E-state index in [1.54, 1.807) is 17.0 Å². The first-order valence-electron chi connectivity index (χ1n) is 10.00. The fraction of sp³-hybridized carbons (Fsp3) is 0.261. The van der Waals surface area contributed by atoms with E-state index in [4.69, 9.17) is 8.83 Å². The molecule has 1 aromatic carbocycles. The first-order chi connectivity index (χ1) is 14.6. The van der Waals surface area contributed by atoms with Crippen molar-refractivity contribution in [3.63, 3.8) is 0 Å². The van der Waals surface area contributed by atoms with Gasteiger partial charge in [-0.1, -0.05) is 18.2 Å². The monoisotopic (exact) mass is 405 g/mol. The van der Waals surface area contributed by atoms with Crippen LogP contribution in [0.2, 0.25) is 0 Å². The van der Waals surface area contributed by atoms with Gasteiger partial charge < -0.3 is 13.7 Å². The molecule has 1 N–H and O–H groups in total. The van der Waals surface area contributed by atoms with Gasteiger partial charge in [-0.2, -0.15) is 5.10 Å². The minimum Gasteiger partial charge on any atom is -0.459 e. The summed E-state index contributed by atoms with van der Waals surface area (Å²) in [5, 5.41) is 4.31. The highest BCUT2D eigenvalue weighted by Crippen LogP contribution is 2.31. The molecule has 0 aliphatic heterocycles. The third kappa shape index (κ3) is 3.66. The maximum absolute atomic E-state index is 13.3. The molecule has 0 saturated carbocycles. The van der Waals surface area contributed by atoms with Gasteiger partial charge in [-0.25, -0.2) is 5.43 Å². The first kappa shape index (κ1) is 19.7. The van der Waals surface area contributed by atoms with Crippen LogP contribution in [0.3, 0.4) is 0 Å². The lowest BCUT2D eigenvalue weighted by Gasteiger charge is -2.20. The molecule has 1 aliphatic carbocycles. The minimum absolute atomic E-state index is 0.186. The molecule has 0 radical (unpaired) electrons. The number of carbonyl (C=O) groups excluding carboxylic acids is 2. The molecule has 2 aromatic heterocycles. The van der Waals surface area contributed by atoms with Gasteiger partial charge in [0.25, 0.3) is 5.91 Å². The minimum atomic E-state index is -0.418. The summed E-state index contributed by atoms with van der Waals surface area (Å²) < 4.78 is 11.1. The summed E-state index contributed by atoms with van der Waals surface area (Å²) in [5.74, 6) is 0.638. The smallest absolute Gasteiger partial charge is 0.307 e. The van der Waals surface area contributed by atoms with Crippen molar-refractivity contribution >= 4 is 23.2 Å². The molecule has 7 heteroatoms. The van der Waals surface area contributed by atoms with Crippen LogP contribution in [0, 0.1) is 6.92 Å². The van der Waals surface area contributed by atoms with Crippen LogP contribution in [0.15, 0.2) is 62.7 Å². The number of benzene rings is 1. The number of amides is 2. The Morgan fingerprint density at radius 3 is 2.63 bits per heavy atom. The van der Waals surface area contributed by atoms with E-state index in [1.165, 1.54) is 6.26 Å². The summed E-state index contributed by atoms with van der Waals surface area (Å²) in [7, 11) is 0. The van der Waals surface area contributed by atoms with Crippen LogP contribution in [0.5, 0.6) is 0 Å². The highest BCUT2D eigenvalue weighted by Gasteiger charge is 2.30. The number of rotatable bonds is 5. The molecule has 1 aliphatic rings. The average Bonchev–Trinajstić information content (AvgIpc) is 3.42. The number of anilines is 1. The molecule has 2 heterocycles. The predicted octanol–water partition coefficient (Wildman–Crippen LogP) is 4.32. The molecule has 0 spiro atoms. The van der Waals surface area contributed by atoms with Gasteiger partial charge >= 0.3 is 5.91 Å². The van der Waals surface area contributed by atoms with Crippen molar-refractivity contribution in [2.75, 3.05) is 11.4 Å². The molecule has 7 nitrogen and oxygen atoms in total. The second-order valence-electron chi connectivity index (χ2n) is 7.07. The lowest BCUT2D eigenvalue weighted by molar-refractivity contribution is 0.0925. The molecule has 0 atom stereocenters. The van der Waals surface area contributed by atoms with Gasteiger partial charge in [0.05, 0.1) is 12.0 Å². The highest BCUT2D eigenvalue weighted by atomic mass is 16.4. The molecule has 30 heavy (non-hydrogen) atoms. The summed E-state index contributed by atoms with van der Waals surface area (Å²) in [6, 6.07) is 12.7. The number of carbonyl (C=O) groups is 2. The van der Waals surface area contributed by atoms with Gasteiger partial charge in [0, 0.05) is 29.8 Å². The summed E-state index contributed by atoms with van der Waals surface area (Å²) in [6.45, 7) is 4.32. The van der Waals surface area contributed by atoms with Gasteiger partial charge in [0.2, 0.25) is 0 Å². The Bertz CT molecular complexity index is 1080. The third-order valence-corrected chi connectivity index (χ3v) is 5.19. The second-order valence-corrected chi connectivity index (χ2v) is 7.07. The number of hydrogen-bond donors (Lipinski definition) is 1. The Hall–Kier alpha value is -3.61. The van der Waals surface area contributed by atoms with Crippen LogP contribution in [0.4, 0.5) is 5.69 Å². The maximum atomic E-state index is 13.3. The average molecular weight is 405 g/mol. The number of nitrogens with zero attached hydrogens (tertiary/aromatic N) is 2. The number of aryl methyl sites for hydroxylation is 1. The van der Waals surface area contributed by atoms with Crippen LogP contribution < -0.4 is 10.3 Å². The van der Waals surface area contributed by atoms with Gasteiger partial charge in [-0.3, -0.25) is 9.59 Å². The molecule has 3 aromatic rings. The molecule has 2 amide bonds. The van der Waals surface area contributed by atoms with Crippen LogP contribution >= 0.6 is 0 Å². The quantitative estimate of drug-likeness (QED) is 0.641. The van der Waals surface area contributed by atoms with Gasteiger partial charge in [-0.05, 0) is 51.0 Å². The molecular weight excluding hydrogens is 382 g/mol. The largest absolute Gasteiger partial charge is 0.459 e. The normalized spacial score (nSPS) is 14.4. The van der Waals surface area contributed by atoms with E-state index < -0.39 is 5.91 Å². The van der Waals surface area contributed by atoms with Crippen molar-refractivity contribution in [3.05, 3.63) is 77.1 Å². The molecule has 4 rings (SSSR count). The fourth-order valence-corrected chi connectivity index (χ4v) is 3.74. The Labute approximate surface area is 174 Å². The van der Waals surface area contributed by atoms with E-state index >= 15 is 0 Å². The zero-order valence-corrected chi connectivity index (χ0v) is 17.0. The first-order valence-corrected chi connectivity index (χ1v) is 10.00. The molecule has 0 unspecified atom stereocenters. The fourth-order valence-electron chi connectivity index (χ4n) is 3.74. The topological polar surface area (TPSA) is 88.0 Å². The molecule has 154 valence electrons. The van der Waals surface area contributed by atoms with Crippen LogP contribution in [-0.2, 0) is 6.42 Å².